The number of nitrogens with zero attached hydrogens (tertiary/aromatic N) is 7. The van der Waals surface area contributed by atoms with Crippen molar-refractivity contribution in [3.8, 4) is 6.07 Å². The Hall–Kier alpha value is -2.89. The van der Waals surface area contributed by atoms with Crippen LogP contribution in [-0.4, -0.2) is 37.4 Å². The fourth-order valence-corrected chi connectivity index (χ4v) is 3.24. The predicted molar refractivity (Wildman–Crippen MR) is 92.9 cm³/mol. The quantitative estimate of drug-likeness (QED) is 0.849. The summed E-state index contributed by atoms with van der Waals surface area (Å²) in [7, 11) is 1.69. The molecule has 25 heavy (non-hydrogen) atoms. The Labute approximate surface area is 145 Å². The first-order valence-corrected chi connectivity index (χ1v) is 8.43. The van der Waals surface area contributed by atoms with E-state index in [9.17, 15) is 4.79 Å². The average molecular weight is 342 g/mol. The van der Waals surface area contributed by atoms with E-state index in [2.05, 4.69) is 20.0 Å². The lowest BCUT2D eigenvalue weighted by Gasteiger charge is -2.31. The summed E-state index contributed by atoms with van der Waals surface area (Å²) in [6.07, 6.45) is 4.21. The van der Waals surface area contributed by atoms with Crippen LogP contribution in [-0.2, 0) is 20.0 Å². The summed E-state index contributed by atoms with van der Waals surface area (Å²) in [5.41, 5.74) is 6.01. The average Bonchev–Trinajstić information content (AvgIpc) is 2.88. The summed E-state index contributed by atoms with van der Waals surface area (Å²) in [5.74, 6) is 2.11. The largest absolute Gasteiger partial charge is 0.382 e. The van der Waals surface area contributed by atoms with Gasteiger partial charge >= 0.3 is 5.69 Å². The fraction of sp³-hybridized carbons (Fsp3) is 0.562. The standard InChI is InChI=1S/C16H22N8O/c1-3-24-13(21-22(2)16(24)25)8-11-4-6-23(7-5-11)15-19-10-12(9-17)14(18)20-15/h10-11H,3-8H2,1-2H3,(H2,18,19,20). The molecular weight excluding hydrogens is 320 g/mol. The number of hydrogen-bond donors (Lipinski definition) is 1. The van der Waals surface area contributed by atoms with Gasteiger partial charge in [0.25, 0.3) is 0 Å². The SMILES string of the molecule is CCn1c(CC2CCN(c3ncc(C#N)c(N)n3)CC2)nn(C)c1=O. The highest BCUT2D eigenvalue weighted by molar-refractivity contribution is 5.50. The monoisotopic (exact) mass is 342 g/mol. The van der Waals surface area contributed by atoms with Crippen LogP contribution >= 0.6 is 0 Å². The Morgan fingerprint density at radius 3 is 2.72 bits per heavy atom. The van der Waals surface area contributed by atoms with Gasteiger partial charge in [-0.05, 0) is 25.7 Å². The second-order valence-corrected chi connectivity index (χ2v) is 6.28. The van der Waals surface area contributed by atoms with E-state index in [0.717, 1.165) is 38.2 Å². The molecule has 3 rings (SSSR count). The second-order valence-electron chi connectivity index (χ2n) is 6.28. The van der Waals surface area contributed by atoms with Gasteiger partial charge in [-0.25, -0.2) is 14.5 Å². The van der Waals surface area contributed by atoms with E-state index in [1.165, 1.54) is 10.9 Å². The van der Waals surface area contributed by atoms with Gasteiger partial charge in [-0.3, -0.25) is 4.57 Å². The molecule has 0 saturated carbocycles. The normalized spacial score (nSPS) is 15.3. The van der Waals surface area contributed by atoms with Gasteiger partial charge in [0.15, 0.2) is 0 Å². The highest BCUT2D eigenvalue weighted by Crippen LogP contribution is 2.24. The molecule has 0 aromatic carbocycles. The second kappa shape index (κ2) is 6.93. The maximum Gasteiger partial charge on any atom is 0.345 e. The topological polar surface area (TPSA) is 119 Å². The van der Waals surface area contributed by atoms with Crippen LogP contribution in [0.1, 0.15) is 31.2 Å². The van der Waals surface area contributed by atoms with Crippen molar-refractivity contribution in [2.24, 2.45) is 13.0 Å². The number of nitriles is 1. The molecule has 0 atom stereocenters. The van der Waals surface area contributed by atoms with Crippen molar-refractivity contribution in [3.05, 3.63) is 28.1 Å². The van der Waals surface area contributed by atoms with Crippen molar-refractivity contribution in [2.75, 3.05) is 23.7 Å². The Kier molecular flexibility index (Phi) is 4.70. The number of piperidine rings is 1. The van der Waals surface area contributed by atoms with Crippen LogP contribution < -0.4 is 16.3 Å². The van der Waals surface area contributed by atoms with Crippen LogP contribution in [0.25, 0.3) is 0 Å². The molecule has 1 aliphatic rings. The van der Waals surface area contributed by atoms with E-state index in [1.807, 2.05) is 13.0 Å². The number of hydrogen-bond acceptors (Lipinski definition) is 7. The van der Waals surface area contributed by atoms with E-state index >= 15 is 0 Å². The first-order chi connectivity index (χ1) is 12.0. The van der Waals surface area contributed by atoms with Gasteiger partial charge in [0.1, 0.15) is 23.3 Å². The predicted octanol–water partition coefficient (Wildman–Crippen LogP) is 0.305. The zero-order valence-electron chi connectivity index (χ0n) is 14.5. The van der Waals surface area contributed by atoms with E-state index in [1.54, 1.807) is 11.6 Å². The van der Waals surface area contributed by atoms with Crippen molar-refractivity contribution in [2.45, 2.75) is 32.7 Å². The third-order valence-electron chi connectivity index (χ3n) is 4.70. The van der Waals surface area contributed by atoms with Crippen molar-refractivity contribution in [1.82, 2.24) is 24.3 Å². The van der Waals surface area contributed by atoms with E-state index in [4.69, 9.17) is 11.0 Å². The summed E-state index contributed by atoms with van der Waals surface area (Å²) in [6, 6.07) is 1.97. The molecule has 2 aromatic rings. The van der Waals surface area contributed by atoms with Gasteiger partial charge in [-0.1, -0.05) is 0 Å². The Balaban J connectivity index is 1.64. The summed E-state index contributed by atoms with van der Waals surface area (Å²) >= 11 is 0. The first-order valence-electron chi connectivity index (χ1n) is 8.43. The van der Waals surface area contributed by atoms with Gasteiger partial charge in [0, 0.05) is 33.1 Å². The highest BCUT2D eigenvalue weighted by atomic mass is 16.2. The first kappa shape index (κ1) is 17.0. The Bertz CT molecular complexity index is 854. The minimum atomic E-state index is -0.0589. The Morgan fingerprint density at radius 2 is 2.12 bits per heavy atom. The van der Waals surface area contributed by atoms with Crippen LogP contribution in [0, 0.1) is 17.2 Å². The third kappa shape index (κ3) is 3.33. The molecule has 1 aliphatic heterocycles. The minimum absolute atomic E-state index is 0.0589. The summed E-state index contributed by atoms with van der Waals surface area (Å²) in [5, 5.41) is 13.3. The molecule has 0 unspecified atom stereocenters. The molecule has 0 spiro atoms. The number of nitrogen functional groups attached to an aromatic ring is 1. The molecule has 2 aromatic heterocycles. The van der Waals surface area contributed by atoms with E-state index in [-0.39, 0.29) is 11.5 Å². The van der Waals surface area contributed by atoms with Crippen LogP contribution in [0.15, 0.2) is 11.0 Å². The molecule has 0 amide bonds. The molecule has 0 aliphatic carbocycles. The molecule has 0 radical (unpaired) electrons. The van der Waals surface area contributed by atoms with Crippen LogP contribution in [0.4, 0.5) is 11.8 Å². The number of anilines is 2. The van der Waals surface area contributed by atoms with E-state index < -0.39 is 0 Å². The molecule has 132 valence electrons. The number of aromatic nitrogens is 5. The lowest BCUT2D eigenvalue weighted by Crippen LogP contribution is -2.36. The summed E-state index contributed by atoms with van der Waals surface area (Å²) in [6.45, 7) is 4.24. The Morgan fingerprint density at radius 1 is 1.40 bits per heavy atom. The van der Waals surface area contributed by atoms with Gasteiger partial charge in [-0.2, -0.15) is 15.3 Å². The zero-order valence-corrected chi connectivity index (χ0v) is 14.5. The van der Waals surface area contributed by atoms with Gasteiger partial charge in [-0.15, -0.1) is 0 Å². The summed E-state index contributed by atoms with van der Waals surface area (Å²) < 4.78 is 3.14. The van der Waals surface area contributed by atoms with Crippen molar-refractivity contribution in [1.29, 1.82) is 5.26 Å². The molecule has 9 heteroatoms. The van der Waals surface area contributed by atoms with Crippen molar-refractivity contribution < 1.29 is 0 Å². The van der Waals surface area contributed by atoms with Crippen LogP contribution in [0.2, 0.25) is 0 Å². The fourth-order valence-electron chi connectivity index (χ4n) is 3.24. The third-order valence-corrected chi connectivity index (χ3v) is 4.70. The van der Waals surface area contributed by atoms with Gasteiger partial charge in [0.05, 0.1) is 6.20 Å². The molecule has 0 bridgehead atoms. The smallest absolute Gasteiger partial charge is 0.345 e. The maximum atomic E-state index is 12.0. The van der Waals surface area contributed by atoms with E-state index in [0.29, 0.717) is 24.0 Å². The van der Waals surface area contributed by atoms with Gasteiger partial charge < -0.3 is 10.6 Å². The zero-order chi connectivity index (χ0) is 18.0. The lowest BCUT2D eigenvalue weighted by atomic mass is 9.93. The minimum Gasteiger partial charge on any atom is -0.382 e. The number of rotatable bonds is 4. The summed E-state index contributed by atoms with van der Waals surface area (Å²) in [4.78, 5) is 22.5. The van der Waals surface area contributed by atoms with Crippen molar-refractivity contribution >= 4 is 11.8 Å². The molecule has 1 saturated heterocycles. The molecule has 2 N–H and O–H groups in total. The van der Waals surface area contributed by atoms with Crippen molar-refractivity contribution in [3.63, 3.8) is 0 Å². The number of nitrogens with two attached hydrogens (primary N) is 1. The van der Waals surface area contributed by atoms with Crippen LogP contribution in [0.5, 0.6) is 0 Å². The van der Waals surface area contributed by atoms with Gasteiger partial charge in [0.2, 0.25) is 5.95 Å². The molecule has 1 fully saturated rings. The number of aryl methyl sites for hydroxylation is 1. The molecular formula is C16H22N8O. The van der Waals surface area contributed by atoms with Crippen LogP contribution in [0.3, 0.4) is 0 Å². The highest BCUT2D eigenvalue weighted by Gasteiger charge is 2.24. The maximum absolute atomic E-state index is 12.0. The lowest BCUT2D eigenvalue weighted by molar-refractivity contribution is 0.388. The molecule has 9 nitrogen and oxygen atoms in total. The molecule has 3 heterocycles.